The molecule has 156 valence electrons. The van der Waals surface area contributed by atoms with Crippen molar-refractivity contribution in [2.45, 2.75) is 20.0 Å². The van der Waals surface area contributed by atoms with Crippen LogP contribution in [0.25, 0.3) is 11.0 Å². The van der Waals surface area contributed by atoms with E-state index in [-0.39, 0.29) is 29.8 Å². The highest BCUT2D eigenvalue weighted by molar-refractivity contribution is 14.0. The number of hydrogen-bond donors (Lipinski definition) is 2. The lowest BCUT2D eigenvalue weighted by atomic mass is 10.1. The number of methoxy groups -OCH3 is 2. The zero-order valence-corrected chi connectivity index (χ0v) is 19.2. The van der Waals surface area contributed by atoms with Crippen LogP contribution in [0.5, 0.6) is 11.5 Å². The van der Waals surface area contributed by atoms with Crippen LogP contribution in [0, 0.1) is 12.7 Å². The number of aryl methyl sites for hydroxylation is 1. The molecule has 2 aromatic carbocycles. The van der Waals surface area contributed by atoms with E-state index in [2.05, 4.69) is 15.6 Å². The quantitative estimate of drug-likeness (QED) is 0.291. The predicted molar refractivity (Wildman–Crippen MR) is 123 cm³/mol. The Kier molecular flexibility index (Phi) is 8.12. The lowest BCUT2D eigenvalue weighted by Crippen LogP contribution is -2.36. The minimum atomic E-state index is -0.276. The van der Waals surface area contributed by atoms with Gasteiger partial charge in [-0.05, 0) is 37.3 Å². The van der Waals surface area contributed by atoms with E-state index in [1.165, 1.54) is 12.1 Å². The van der Waals surface area contributed by atoms with Crippen LogP contribution in [0.15, 0.2) is 45.8 Å². The van der Waals surface area contributed by atoms with Gasteiger partial charge < -0.3 is 24.5 Å². The molecule has 0 atom stereocenters. The fourth-order valence-electron chi connectivity index (χ4n) is 2.97. The Balaban J connectivity index is 0.00000300. The van der Waals surface area contributed by atoms with Crippen LogP contribution in [0.1, 0.15) is 16.9 Å². The number of ether oxygens (including phenoxy) is 2. The summed E-state index contributed by atoms with van der Waals surface area (Å²) in [6.45, 7) is 2.87. The van der Waals surface area contributed by atoms with Gasteiger partial charge in [-0.15, -0.1) is 24.0 Å². The zero-order chi connectivity index (χ0) is 20.1. The first-order chi connectivity index (χ1) is 13.5. The van der Waals surface area contributed by atoms with Crippen LogP contribution >= 0.6 is 24.0 Å². The van der Waals surface area contributed by atoms with E-state index in [4.69, 9.17) is 13.9 Å². The van der Waals surface area contributed by atoms with E-state index in [0.717, 1.165) is 33.8 Å². The Labute approximate surface area is 186 Å². The SMILES string of the molecule is CN=C(NCc1ccc(OC)cc1OC)NCc1oc2ccc(F)cc2c1C.I. The molecule has 29 heavy (non-hydrogen) atoms. The molecule has 0 spiro atoms. The topological polar surface area (TPSA) is 68.0 Å². The zero-order valence-electron chi connectivity index (χ0n) is 16.8. The van der Waals surface area contributed by atoms with Crippen molar-refractivity contribution in [2.75, 3.05) is 21.3 Å². The maximum absolute atomic E-state index is 13.5. The minimum absolute atomic E-state index is 0. The Bertz CT molecular complexity index is 1000. The van der Waals surface area contributed by atoms with E-state index < -0.39 is 0 Å². The molecule has 0 saturated heterocycles. The summed E-state index contributed by atoms with van der Waals surface area (Å²) < 4.78 is 29.9. The molecule has 1 heterocycles. The molecule has 8 heteroatoms. The van der Waals surface area contributed by atoms with Gasteiger partial charge in [-0.2, -0.15) is 0 Å². The smallest absolute Gasteiger partial charge is 0.191 e. The van der Waals surface area contributed by atoms with Gasteiger partial charge in [-0.1, -0.05) is 0 Å². The highest BCUT2D eigenvalue weighted by Crippen LogP contribution is 2.26. The Morgan fingerprint density at radius 3 is 2.52 bits per heavy atom. The normalized spacial score (nSPS) is 11.1. The first kappa shape index (κ1) is 22.8. The van der Waals surface area contributed by atoms with Crippen LogP contribution < -0.4 is 20.1 Å². The molecule has 0 bridgehead atoms. The van der Waals surface area contributed by atoms with Gasteiger partial charge in [0.2, 0.25) is 0 Å². The summed E-state index contributed by atoms with van der Waals surface area (Å²) in [5, 5.41) is 7.25. The summed E-state index contributed by atoms with van der Waals surface area (Å²) in [5.41, 5.74) is 2.55. The number of hydrogen-bond acceptors (Lipinski definition) is 4. The highest BCUT2D eigenvalue weighted by Gasteiger charge is 2.12. The van der Waals surface area contributed by atoms with E-state index in [0.29, 0.717) is 24.6 Å². The predicted octanol–water partition coefficient (Wildman–Crippen LogP) is 4.38. The monoisotopic (exact) mass is 513 g/mol. The van der Waals surface area contributed by atoms with Crippen molar-refractivity contribution in [3.05, 3.63) is 59.1 Å². The number of nitrogens with zero attached hydrogens (tertiary/aromatic N) is 1. The summed E-state index contributed by atoms with van der Waals surface area (Å²) in [7, 11) is 4.94. The number of furan rings is 1. The first-order valence-electron chi connectivity index (χ1n) is 8.88. The number of fused-ring (bicyclic) bond motifs is 1. The summed E-state index contributed by atoms with van der Waals surface area (Å²) in [6.07, 6.45) is 0. The third-order valence-electron chi connectivity index (χ3n) is 4.58. The van der Waals surface area contributed by atoms with Crippen molar-refractivity contribution in [1.29, 1.82) is 0 Å². The molecule has 6 nitrogen and oxygen atoms in total. The summed E-state index contributed by atoms with van der Waals surface area (Å²) >= 11 is 0. The molecule has 0 aliphatic heterocycles. The molecule has 0 amide bonds. The second kappa shape index (κ2) is 10.3. The molecule has 0 saturated carbocycles. The maximum atomic E-state index is 13.5. The Hall–Kier alpha value is -2.49. The van der Waals surface area contributed by atoms with Gasteiger partial charge in [0.1, 0.15) is 28.7 Å². The number of halogens is 2. The van der Waals surface area contributed by atoms with Gasteiger partial charge in [-0.3, -0.25) is 4.99 Å². The molecule has 0 unspecified atom stereocenters. The number of benzene rings is 2. The number of nitrogens with one attached hydrogen (secondary N) is 2. The van der Waals surface area contributed by atoms with Gasteiger partial charge in [0.15, 0.2) is 5.96 Å². The lowest BCUT2D eigenvalue weighted by Gasteiger charge is -2.14. The molecule has 3 rings (SSSR count). The molecule has 3 aromatic rings. The second-order valence-electron chi connectivity index (χ2n) is 6.25. The summed E-state index contributed by atoms with van der Waals surface area (Å²) in [6, 6.07) is 10.2. The second-order valence-corrected chi connectivity index (χ2v) is 6.25. The number of aliphatic imine (C=N–C) groups is 1. The van der Waals surface area contributed by atoms with E-state index >= 15 is 0 Å². The van der Waals surface area contributed by atoms with E-state index in [1.807, 2.05) is 25.1 Å². The summed E-state index contributed by atoms with van der Waals surface area (Å²) in [5.74, 6) is 2.55. The van der Waals surface area contributed by atoms with Crippen molar-refractivity contribution in [1.82, 2.24) is 10.6 Å². The Morgan fingerprint density at radius 1 is 1.07 bits per heavy atom. The molecule has 0 fully saturated rings. The average molecular weight is 513 g/mol. The molecule has 0 aliphatic rings. The average Bonchev–Trinajstić information content (AvgIpc) is 3.03. The summed E-state index contributed by atoms with van der Waals surface area (Å²) in [4.78, 5) is 4.23. The fraction of sp³-hybridized carbons (Fsp3) is 0.286. The highest BCUT2D eigenvalue weighted by atomic mass is 127. The van der Waals surface area contributed by atoms with E-state index in [9.17, 15) is 4.39 Å². The minimum Gasteiger partial charge on any atom is -0.497 e. The molecule has 1 aromatic heterocycles. The van der Waals surface area contributed by atoms with Crippen LogP contribution in [0.3, 0.4) is 0 Å². The number of rotatable bonds is 6. The third kappa shape index (κ3) is 5.31. The van der Waals surface area contributed by atoms with Gasteiger partial charge >= 0.3 is 0 Å². The standard InChI is InChI=1S/C21H24FN3O3.HI/c1-13-17-9-15(22)6-8-18(17)28-20(13)12-25-21(23-2)24-11-14-5-7-16(26-3)10-19(14)27-4;/h5-10H,11-12H2,1-4H3,(H2,23,24,25);1H. The number of guanidine groups is 1. The van der Waals surface area contributed by atoms with Crippen molar-refractivity contribution in [2.24, 2.45) is 4.99 Å². The maximum Gasteiger partial charge on any atom is 0.191 e. The van der Waals surface area contributed by atoms with Crippen molar-refractivity contribution in [3.63, 3.8) is 0 Å². The third-order valence-corrected chi connectivity index (χ3v) is 4.58. The van der Waals surface area contributed by atoms with Crippen LogP contribution in [-0.2, 0) is 13.1 Å². The van der Waals surface area contributed by atoms with E-state index in [1.54, 1.807) is 27.3 Å². The van der Waals surface area contributed by atoms with Crippen molar-refractivity contribution < 1.29 is 18.3 Å². The molecule has 0 aliphatic carbocycles. The van der Waals surface area contributed by atoms with Gasteiger partial charge in [0.25, 0.3) is 0 Å². The molecular weight excluding hydrogens is 488 g/mol. The van der Waals surface area contributed by atoms with Crippen LogP contribution in [-0.4, -0.2) is 27.2 Å². The lowest BCUT2D eigenvalue weighted by molar-refractivity contribution is 0.390. The molecule has 0 radical (unpaired) electrons. The fourth-order valence-corrected chi connectivity index (χ4v) is 2.97. The van der Waals surface area contributed by atoms with Gasteiger partial charge in [0, 0.05) is 36.2 Å². The van der Waals surface area contributed by atoms with Crippen LogP contribution in [0.4, 0.5) is 4.39 Å². The van der Waals surface area contributed by atoms with Gasteiger partial charge in [-0.25, -0.2) is 4.39 Å². The Morgan fingerprint density at radius 2 is 1.83 bits per heavy atom. The molecular formula is C21H25FIN3O3. The largest absolute Gasteiger partial charge is 0.497 e. The van der Waals surface area contributed by atoms with Crippen molar-refractivity contribution in [3.8, 4) is 11.5 Å². The molecule has 2 N–H and O–H groups in total. The van der Waals surface area contributed by atoms with Crippen molar-refractivity contribution >= 4 is 40.9 Å². The van der Waals surface area contributed by atoms with Gasteiger partial charge in [0.05, 0.1) is 20.8 Å². The van der Waals surface area contributed by atoms with Crippen LogP contribution in [0.2, 0.25) is 0 Å². The first-order valence-corrected chi connectivity index (χ1v) is 8.88.